The minimum atomic E-state index is -3.66. The van der Waals surface area contributed by atoms with Crippen molar-refractivity contribution in [3.05, 3.63) is 23.6 Å². The van der Waals surface area contributed by atoms with E-state index < -0.39 is 28.3 Å². The number of ether oxygens (including phenoxy) is 2. The Morgan fingerprint density at radius 2 is 2.00 bits per heavy atom. The third-order valence-corrected chi connectivity index (χ3v) is 6.73. The zero-order chi connectivity index (χ0) is 22.2. The van der Waals surface area contributed by atoms with Gasteiger partial charge in [0.05, 0.1) is 55.2 Å². The monoisotopic (exact) mass is 473 g/mol. The number of aliphatic hydroxyl groups is 1. The molecule has 14 heteroatoms. The molecule has 2 saturated heterocycles. The van der Waals surface area contributed by atoms with Crippen LogP contribution < -0.4 is 15.4 Å². The highest BCUT2D eigenvalue weighted by Crippen LogP contribution is 2.31. The fourth-order valence-electron chi connectivity index (χ4n) is 3.64. The van der Waals surface area contributed by atoms with Crippen molar-refractivity contribution in [2.45, 2.75) is 37.3 Å². The van der Waals surface area contributed by atoms with Gasteiger partial charge in [0, 0.05) is 13.2 Å². The summed E-state index contributed by atoms with van der Waals surface area (Å²) in [6, 6.07) is -0.820. The summed E-state index contributed by atoms with van der Waals surface area (Å²) < 4.78 is 40.1. The summed E-state index contributed by atoms with van der Waals surface area (Å²) in [4.78, 5) is 8.58. The van der Waals surface area contributed by atoms with Gasteiger partial charge in [0.2, 0.25) is 16.0 Å². The van der Waals surface area contributed by atoms with Crippen molar-refractivity contribution in [1.82, 2.24) is 24.5 Å². The largest absolute Gasteiger partial charge is 0.392 e. The number of rotatable bonds is 8. The number of nitrogens with zero attached hydrogens (tertiary/aromatic N) is 4. The van der Waals surface area contributed by atoms with Gasteiger partial charge in [0.1, 0.15) is 17.2 Å². The van der Waals surface area contributed by atoms with Gasteiger partial charge < -0.3 is 25.2 Å². The van der Waals surface area contributed by atoms with E-state index in [0.29, 0.717) is 16.8 Å². The first-order valence-corrected chi connectivity index (χ1v) is 11.7. The summed E-state index contributed by atoms with van der Waals surface area (Å²) in [5.41, 5.74) is 0.728. The molecule has 4 heterocycles. The van der Waals surface area contributed by atoms with Crippen LogP contribution in [0.5, 0.6) is 0 Å². The maximum absolute atomic E-state index is 12.1. The number of aliphatic hydroxyl groups excluding tert-OH is 1. The molecule has 2 fully saturated rings. The van der Waals surface area contributed by atoms with E-state index in [1.54, 1.807) is 24.1 Å². The van der Waals surface area contributed by atoms with Gasteiger partial charge in [-0.1, -0.05) is 11.6 Å². The second kappa shape index (κ2) is 8.84. The minimum absolute atomic E-state index is 0.165. The van der Waals surface area contributed by atoms with E-state index in [-0.39, 0.29) is 31.1 Å². The van der Waals surface area contributed by atoms with E-state index in [2.05, 4.69) is 30.4 Å². The van der Waals surface area contributed by atoms with E-state index in [1.807, 2.05) is 0 Å². The molecular formula is C17H24ClN7O5S. The van der Waals surface area contributed by atoms with Crippen LogP contribution in [0.2, 0.25) is 5.02 Å². The summed E-state index contributed by atoms with van der Waals surface area (Å²) in [5, 5.41) is 20.0. The highest BCUT2D eigenvalue weighted by Gasteiger charge is 2.49. The Balaban J connectivity index is 1.41. The topological polar surface area (TPSA) is 153 Å². The van der Waals surface area contributed by atoms with Gasteiger partial charge in [0.15, 0.2) is 5.82 Å². The molecule has 0 aliphatic carbocycles. The Bertz CT molecular complexity index is 1030. The van der Waals surface area contributed by atoms with Crippen LogP contribution in [0, 0.1) is 0 Å². The molecule has 12 nitrogen and oxygen atoms in total. The van der Waals surface area contributed by atoms with Crippen LogP contribution >= 0.6 is 11.6 Å². The smallest absolute Gasteiger partial charge is 0.229 e. The summed E-state index contributed by atoms with van der Waals surface area (Å²) in [5.74, 6) is 0.358. The average Bonchev–Trinajstić information content (AvgIpc) is 3.36. The zero-order valence-electron chi connectivity index (χ0n) is 16.9. The van der Waals surface area contributed by atoms with Crippen molar-refractivity contribution in [2.75, 3.05) is 29.6 Å². The Morgan fingerprint density at radius 3 is 2.68 bits per heavy atom. The van der Waals surface area contributed by atoms with E-state index in [1.165, 1.54) is 13.1 Å². The second-order valence-electron chi connectivity index (χ2n) is 7.62. The van der Waals surface area contributed by atoms with Gasteiger partial charge in [-0.3, -0.25) is 4.68 Å². The third kappa shape index (κ3) is 5.25. The Hall–Kier alpha value is -2.03. The molecule has 0 aromatic carbocycles. The predicted octanol–water partition coefficient (Wildman–Crippen LogP) is -0.146. The molecule has 2 aliphatic rings. The third-order valence-electron chi connectivity index (χ3n) is 4.87. The molecule has 4 rings (SSSR count). The summed E-state index contributed by atoms with van der Waals surface area (Å²) in [6.07, 6.45) is 3.08. The molecule has 0 saturated carbocycles. The number of aryl methyl sites for hydroxylation is 1. The normalized spacial score (nSPS) is 26.6. The van der Waals surface area contributed by atoms with Gasteiger partial charge >= 0.3 is 0 Å². The fraction of sp³-hybridized carbons (Fsp3) is 0.588. The average molecular weight is 474 g/mol. The van der Waals surface area contributed by atoms with Crippen molar-refractivity contribution in [1.29, 1.82) is 0 Å². The van der Waals surface area contributed by atoms with Gasteiger partial charge in [-0.2, -0.15) is 10.1 Å². The lowest BCUT2D eigenvalue weighted by molar-refractivity contribution is 0.0690. The lowest BCUT2D eigenvalue weighted by Crippen LogP contribution is -2.46. The molecule has 3 unspecified atom stereocenters. The quantitative estimate of drug-likeness (QED) is 0.407. The first kappa shape index (κ1) is 22.2. The Kier molecular flexibility index (Phi) is 6.32. The number of sulfonamides is 1. The fourth-order valence-corrected chi connectivity index (χ4v) is 5.18. The van der Waals surface area contributed by atoms with Crippen molar-refractivity contribution in [3.63, 3.8) is 0 Å². The molecule has 2 aromatic rings. The molecule has 4 N–H and O–H groups in total. The number of hydrogen-bond donors (Lipinski definition) is 4. The molecule has 2 aromatic heterocycles. The molecule has 0 radical (unpaired) electrons. The predicted molar refractivity (Wildman–Crippen MR) is 113 cm³/mol. The molecule has 0 bridgehead atoms. The molecule has 0 spiro atoms. The molecule has 0 amide bonds. The lowest BCUT2D eigenvalue weighted by atomic mass is 10.1. The van der Waals surface area contributed by atoms with Gasteiger partial charge in [0.25, 0.3) is 0 Å². The summed E-state index contributed by atoms with van der Waals surface area (Å²) in [6.45, 7) is 1.87. The van der Waals surface area contributed by atoms with E-state index >= 15 is 0 Å². The first-order valence-electron chi connectivity index (χ1n) is 9.66. The maximum Gasteiger partial charge on any atom is 0.229 e. The minimum Gasteiger partial charge on any atom is -0.392 e. The van der Waals surface area contributed by atoms with Crippen molar-refractivity contribution < 1.29 is 23.0 Å². The number of fused-ring (bicyclic) bond motifs is 1. The molecule has 2 aliphatic heterocycles. The standard InChI is InChI=1S/C17H24ClN7O5S/c1-9(26)8-31(27,28)24-13-7-30-14-12(6-29-15(13)14)22-16-11(18)4-19-17(23-16)21-10-3-20-25(2)5-10/h3-5,9,12-15,24,26H,6-8H2,1-2H3,(H2,19,21,22,23)/t9?,12-,13+,14?,15?/m1/s1. The van der Waals surface area contributed by atoms with E-state index in [0.717, 1.165) is 5.69 Å². The first-order chi connectivity index (χ1) is 14.7. The number of halogens is 1. The van der Waals surface area contributed by atoms with Crippen molar-refractivity contribution >= 4 is 39.1 Å². The van der Waals surface area contributed by atoms with E-state index in [4.69, 9.17) is 21.1 Å². The van der Waals surface area contributed by atoms with Crippen LogP contribution in [-0.2, 0) is 26.5 Å². The number of nitrogens with one attached hydrogen (secondary N) is 3. The van der Waals surface area contributed by atoms with Crippen LogP contribution in [0.3, 0.4) is 0 Å². The van der Waals surface area contributed by atoms with Gasteiger partial charge in [-0.05, 0) is 6.92 Å². The van der Waals surface area contributed by atoms with Crippen molar-refractivity contribution in [2.24, 2.45) is 7.05 Å². The molecule has 170 valence electrons. The number of anilines is 3. The molecular weight excluding hydrogens is 450 g/mol. The van der Waals surface area contributed by atoms with E-state index in [9.17, 15) is 13.5 Å². The van der Waals surface area contributed by atoms with Crippen LogP contribution in [-0.4, -0.2) is 82.6 Å². The van der Waals surface area contributed by atoms with Crippen LogP contribution in [0.4, 0.5) is 17.5 Å². The van der Waals surface area contributed by atoms with Crippen LogP contribution in [0.1, 0.15) is 6.92 Å². The highest BCUT2D eigenvalue weighted by atomic mass is 35.5. The second-order valence-corrected chi connectivity index (χ2v) is 9.83. The van der Waals surface area contributed by atoms with Crippen molar-refractivity contribution in [3.8, 4) is 0 Å². The van der Waals surface area contributed by atoms with Crippen LogP contribution in [0.15, 0.2) is 18.6 Å². The summed E-state index contributed by atoms with van der Waals surface area (Å²) in [7, 11) is -1.85. The molecule has 31 heavy (non-hydrogen) atoms. The Labute approximate surface area is 184 Å². The molecule has 5 atom stereocenters. The van der Waals surface area contributed by atoms with Crippen LogP contribution in [0.25, 0.3) is 0 Å². The van der Waals surface area contributed by atoms with Gasteiger partial charge in [-0.15, -0.1) is 0 Å². The Morgan fingerprint density at radius 1 is 1.29 bits per heavy atom. The number of hydrogen-bond acceptors (Lipinski definition) is 10. The maximum atomic E-state index is 12.1. The summed E-state index contributed by atoms with van der Waals surface area (Å²) >= 11 is 6.26. The highest BCUT2D eigenvalue weighted by molar-refractivity contribution is 7.89. The zero-order valence-corrected chi connectivity index (χ0v) is 18.5. The lowest BCUT2D eigenvalue weighted by Gasteiger charge is -2.19. The van der Waals surface area contributed by atoms with Gasteiger partial charge in [-0.25, -0.2) is 18.1 Å². The number of aromatic nitrogens is 4. The SMILES string of the molecule is CC(O)CS(=O)(=O)N[C@H]1COC2C1OC[C@H]2Nc1nc(Nc2cnn(C)c2)ncc1Cl.